The highest BCUT2D eigenvalue weighted by Crippen LogP contribution is 2.13. The van der Waals surface area contributed by atoms with Gasteiger partial charge < -0.3 is 15.2 Å². The van der Waals surface area contributed by atoms with Crippen molar-refractivity contribution >= 4 is 23.6 Å². The number of esters is 1. The second-order valence-corrected chi connectivity index (χ2v) is 4.59. The molecule has 0 spiro atoms. The molecule has 0 radical (unpaired) electrons. The summed E-state index contributed by atoms with van der Waals surface area (Å²) in [5.41, 5.74) is 0.492. The Morgan fingerprint density at radius 2 is 2.00 bits per heavy atom. The number of aromatic amines is 1. The topological polar surface area (TPSA) is 121 Å². The number of carboxylic acids is 1. The van der Waals surface area contributed by atoms with E-state index in [9.17, 15) is 14.4 Å². The highest BCUT2D eigenvalue weighted by molar-refractivity contribution is 5.88. The Morgan fingerprint density at radius 1 is 1.30 bits per heavy atom. The number of nitrogens with one attached hydrogen (secondary N) is 2. The third-order valence-corrected chi connectivity index (χ3v) is 2.87. The first-order valence-corrected chi connectivity index (χ1v) is 6.83. The zero-order chi connectivity index (χ0) is 16.8. The third kappa shape index (κ3) is 4.40. The summed E-state index contributed by atoms with van der Waals surface area (Å²) in [7, 11) is 0. The van der Waals surface area contributed by atoms with Gasteiger partial charge in [0.15, 0.2) is 0 Å². The summed E-state index contributed by atoms with van der Waals surface area (Å²) in [6.45, 7) is 1.81. The van der Waals surface area contributed by atoms with Gasteiger partial charge in [0.05, 0.1) is 19.2 Å². The number of nitrogens with zero attached hydrogens (tertiary/aromatic N) is 1. The summed E-state index contributed by atoms with van der Waals surface area (Å²) in [6, 6.07) is 6.64. The summed E-state index contributed by atoms with van der Waals surface area (Å²) in [5.74, 6) is -1.48. The van der Waals surface area contributed by atoms with E-state index in [1.165, 1.54) is 0 Å². The summed E-state index contributed by atoms with van der Waals surface area (Å²) >= 11 is 0. The predicted octanol–water partition coefficient (Wildman–Crippen LogP) is 1.32. The first-order valence-electron chi connectivity index (χ1n) is 6.83. The molecule has 0 aliphatic rings. The van der Waals surface area contributed by atoms with Crippen LogP contribution in [0, 0.1) is 0 Å². The van der Waals surface area contributed by atoms with Crippen molar-refractivity contribution in [3.63, 3.8) is 0 Å². The number of aromatic nitrogens is 2. The zero-order valence-electron chi connectivity index (χ0n) is 12.3. The molecule has 0 saturated heterocycles. The molecule has 0 amide bonds. The Labute approximate surface area is 131 Å². The van der Waals surface area contributed by atoms with Crippen LogP contribution in [0.25, 0.3) is 0 Å². The maximum Gasteiger partial charge on any atom is 0.345 e. The van der Waals surface area contributed by atoms with E-state index >= 15 is 0 Å². The van der Waals surface area contributed by atoms with Crippen molar-refractivity contribution in [3.8, 4) is 0 Å². The normalized spacial score (nSPS) is 10.1. The van der Waals surface area contributed by atoms with Crippen molar-refractivity contribution in [1.29, 1.82) is 0 Å². The van der Waals surface area contributed by atoms with Gasteiger partial charge in [0, 0.05) is 5.69 Å². The lowest BCUT2D eigenvalue weighted by Crippen LogP contribution is -2.21. The van der Waals surface area contributed by atoms with Crippen LogP contribution in [-0.2, 0) is 16.0 Å². The standard InChI is InChI=1S/C15H15N3O5/c1-2-23-14(22)11-8-16-15(18-13(11)21)17-10-5-3-9(4-6-10)7-12(19)20/h3-6,8H,2,7H2,1H3,(H,19,20)(H2,16,17,18,21). The van der Waals surface area contributed by atoms with Crippen LogP contribution >= 0.6 is 0 Å². The fraction of sp³-hybridized carbons (Fsp3) is 0.200. The monoisotopic (exact) mass is 317 g/mol. The van der Waals surface area contributed by atoms with E-state index in [2.05, 4.69) is 15.3 Å². The molecule has 0 atom stereocenters. The van der Waals surface area contributed by atoms with Gasteiger partial charge in [-0.05, 0) is 24.6 Å². The number of H-pyrrole nitrogens is 1. The molecule has 3 N–H and O–H groups in total. The predicted molar refractivity (Wildman–Crippen MR) is 81.9 cm³/mol. The largest absolute Gasteiger partial charge is 0.481 e. The molecule has 0 aliphatic heterocycles. The molecular formula is C15H15N3O5. The minimum absolute atomic E-state index is 0.0659. The van der Waals surface area contributed by atoms with Crippen LogP contribution in [0.15, 0.2) is 35.3 Å². The minimum atomic E-state index is -0.911. The number of carbonyl (C=O) groups excluding carboxylic acids is 1. The number of anilines is 2. The van der Waals surface area contributed by atoms with Crippen molar-refractivity contribution in [2.45, 2.75) is 13.3 Å². The van der Waals surface area contributed by atoms with Gasteiger partial charge in [-0.2, -0.15) is 0 Å². The molecule has 120 valence electrons. The average Bonchev–Trinajstić information content (AvgIpc) is 2.49. The van der Waals surface area contributed by atoms with Crippen LogP contribution in [0.4, 0.5) is 11.6 Å². The van der Waals surface area contributed by atoms with Crippen molar-refractivity contribution in [3.05, 3.63) is 51.9 Å². The Morgan fingerprint density at radius 3 is 2.57 bits per heavy atom. The summed E-state index contributed by atoms with van der Waals surface area (Å²) in [4.78, 5) is 40.3. The molecule has 0 aliphatic carbocycles. The molecule has 2 aromatic rings. The molecule has 0 bridgehead atoms. The van der Waals surface area contributed by atoms with E-state index in [1.807, 2.05) is 0 Å². The fourth-order valence-electron chi connectivity index (χ4n) is 1.83. The SMILES string of the molecule is CCOC(=O)c1cnc(Nc2ccc(CC(=O)O)cc2)[nH]c1=O. The van der Waals surface area contributed by atoms with Crippen molar-refractivity contribution < 1.29 is 19.4 Å². The molecule has 1 aromatic carbocycles. The van der Waals surface area contributed by atoms with Crippen LogP contribution in [-0.4, -0.2) is 33.6 Å². The molecule has 1 heterocycles. The third-order valence-electron chi connectivity index (χ3n) is 2.87. The van der Waals surface area contributed by atoms with Gasteiger partial charge in [0.1, 0.15) is 5.56 Å². The maximum atomic E-state index is 11.8. The van der Waals surface area contributed by atoms with Crippen molar-refractivity contribution in [2.75, 3.05) is 11.9 Å². The molecule has 1 aromatic heterocycles. The van der Waals surface area contributed by atoms with Crippen LogP contribution in [0.2, 0.25) is 0 Å². The number of benzene rings is 1. The van der Waals surface area contributed by atoms with Crippen molar-refractivity contribution in [1.82, 2.24) is 9.97 Å². The molecule has 8 nitrogen and oxygen atoms in total. The van der Waals surface area contributed by atoms with E-state index in [4.69, 9.17) is 9.84 Å². The Hall–Kier alpha value is -3.16. The lowest BCUT2D eigenvalue weighted by Gasteiger charge is -2.07. The zero-order valence-corrected chi connectivity index (χ0v) is 12.3. The highest BCUT2D eigenvalue weighted by Gasteiger charge is 2.12. The molecular weight excluding hydrogens is 302 g/mol. The molecule has 2 rings (SSSR count). The van der Waals surface area contributed by atoms with E-state index in [1.54, 1.807) is 31.2 Å². The van der Waals surface area contributed by atoms with Gasteiger partial charge in [-0.1, -0.05) is 12.1 Å². The average molecular weight is 317 g/mol. The number of carboxylic acid groups (broad SMARTS) is 1. The smallest absolute Gasteiger partial charge is 0.345 e. The Kier molecular flexibility index (Phi) is 5.08. The molecule has 23 heavy (non-hydrogen) atoms. The van der Waals surface area contributed by atoms with E-state index < -0.39 is 17.5 Å². The number of ether oxygens (including phenoxy) is 1. The lowest BCUT2D eigenvalue weighted by atomic mass is 10.1. The van der Waals surface area contributed by atoms with Crippen LogP contribution in [0.1, 0.15) is 22.8 Å². The maximum absolute atomic E-state index is 11.8. The molecule has 0 saturated carbocycles. The number of carbonyl (C=O) groups is 2. The first kappa shape index (κ1) is 16.2. The van der Waals surface area contributed by atoms with Gasteiger partial charge in [-0.3, -0.25) is 14.6 Å². The molecule has 0 fully saturated rings. The number of hydrogen-bond acceptors (Lipinski definition) is 6. The summed E-state index contributed by atoms with van der Waals surface area (Å²) in [6.07, 6.45) is 1.07. The fourth-order valence-corrected chi connectivity index (χ4v) is 1.83. The number of rotatable bonds is 6. The van der Waals surface area contributed by atoms with Crippen LogP contribution < -0.4 is 10.9 Å². The highest BCUT2D eigenvalue weighted by atomic mass is 16.5. The molecule has 8 heteroatoms. The van der Waals surface area contributed by atoms with E-state index in [-0.39, 0.29) is 24.5 Å². The van der Waals surface area contributed by atoms with Crippen LogP contribution in [0.5, 0.6) is 0 Å². The second-order valence-electron chi connectivity index (χ2n) is 4.59. The first-order chi connectivity index (χ1) is 11.0. The minimum Gasteiger partial charge on any atom is -0.481 e. The summed E-state index contributed by atoms with van der Waals surface area (Å²) in [5, 5.41) is 11.6. The van der Waals surface area contributed by atoms with Gasteiger partial charge in [0.2, 0.25) is 5.95 Å². The Bertz CT molecular complexity index is 767. The second kappa shape index (κ2) is 7.21. The Balaban J connectivity index is 2.11. The van der Waals surface area contributed by atoms with Crippen LogP contribution in [0.3, 0.4) is 0 Å². The quantitative estimate of drug-likeness (QED) is 0.687. The summed E-state index contributed by atoms with van der Waals surface area (Å²) < 4.78 is 4.74. The van der Waals surface area contributed by atoms with Gasteiger partial charge >= 0.3 is 11.9 Å². The van der Waals surface area contributed by atoms with Gasteiger partial charge in [-0.15, -0.1) is 0 Å². The van der Waals surface area contributed by atoms with Crippen molar-refractivity contribution in [2.24, 2.45) is 0 Å². The molecule has 0 unspecified atom stereocenters. The van der Waals surface area contributed by atoms with E-state index in [0.717, 1.165) is 6.20 Å². The number of hydrogen-bond donors (Lipinski definition) is 3. The van der Waals surface area contributed by atoms with Gasteiger partial charge in [-0.25, -0.2) is 9.78 Å². The van der Waals surface area contributed by atoms with E-state index in [0.29, 0.717) is 11.3 Å². The lowest BCUT2D eigenvalue weighted by molar-refractivity contribution is -0.136. The van der Waals surface area contributed by atoms with Gasteiger partial charge in [0.25, 0.3) is 5.56 Å². The number of aliphatic carboxylic acids is 1.